The van der Waals surface area contributed by atoms with Crippen molar-refractivity contribution in [3.63, 3.8) is 0 Å². The van der Waals surface area contributed by atoms with Gasteiger partial charge >= 0.3 is 5.97 Å². The molecule has 1 aliphatic carbocycles. The standard InChI is InChI=1S/C36H43N3O8/c1-7-20(2)32(35(42)39-28(36(43)44)17-22-11-9-8-10-12-22)38-27-16-14-24-25(19-29(27)41)26(37-21(3)40)15-13-23-18-30(45-4)33(46-5)34(47-6)31(23)24/h8-12,14,16,18-20,26,28,32H,7,13,15,17H2,1-6H3,(H,37,40)(H,38,41)(H,39,42)(H,43,44)/t20-,26-,28-,32-/m1/s1. The minimum absolute atomic E-state index is 0.106. The van der Waals surface area contributed by atoms with E-state index >= 15 is 0 Å². The molecule has 11 nitrogen and oxygen atoms in total. The van der Waals surface area contributed by atoms with Crippen LogP contribution in [0, 0.1) is 5.92 Å². The van der Waals surface area contributed by atoms with Crippen molar-refractivity contribution in [3.8, 4) is 28.4 Å². The van der Waals surface area contributed by atoms with E-state index in [1.807, 2.05) is 38.1 Å². The van der Waals surface area contributed by atoms with Gasteiger partial charge in [0.05, 0.1) is 33.1 Å². The maximum absolute atomic E-state index is 13.9. The molecule has 0 heterocycles. The zero-order valence-electron chi connectivity index (χ0n) is 27.6. The lowest BCUT2D eigenvalue weighted by Crippen LogP contribution is -2.51. The second kappa shape index (κ2) is 15.5. The van der Waals surface area contributed by atoms with Gasteiger partial charge < -0.3 is 35.3 Å². The molecular formula is C36H43N3O8. The molecule has 0 aromatic heterocycles. The number of ether oxygens (including phenoxy) is 3. The van der Waals surface area contributed by atoms with Crippen LogP contribution in [0.15, 0.2) is 59.4 Å². The monoisotopic (exact) mass is 645 g/mol. The molecule has 2 amide bonds. The van der Waals surface area contributed by atoms with Crippen molar-refractivity contribution in [2.75, 3.05) is 26.6 Å². The van der Waals surface area contributed by atoms with E-state index in [1.54, 1.807) is 31.4 Å². The molecule has 0 saturated heterocycles. The normalized spacial score (nSPS) is 15.4. The number of amides is 2. The summed E-state index contributed by atoms with van der Waals surface area (Å²) in [5, 5.41) is 18.7. The summed E-state index contributed by atoms with van der Waals surface area (Å²) in [4.78, 5) is 52.0. The molecule has 0 aliphatic heterocycles. The van der Waals surface area contributed by atoms with Gasteiger partial charge in [0.2, 0.25) is 23.0 Å². The molecule has 4 N–H and O–H groups in total. The number of methoxy groups -OCH3 is 3. The van der Waals surface area contributed by atoms with Gasteiger partial charge in [0, 0.05) is 18.9 Å². The molecule has 250 valence electrons. The summed E-state index contributed by atoms with van der Waals surface area (Å²) in [7, 11) is 4.59. The number of nitrogens with one attached hydrogen (secondary N) is 3. The van der Waals surface area contributed by atoms with E-state index in [9.17, 15) is 24.3 Å². The molecule has 0 bridgehead atoms. The van der Waals surface area contributed by atoms with Crippen molar-refractivity contribution in [2.24, 2.45) is 5.92 Å². The SMILES string of the molecule is CC[C@@H](C)[C@@H](Nc1ccc2c(cc1=O)[C@H](NC(C)=O)CCc1cc(OC)c(OC)c(OC)c1-2)C(=O)N[C@H](Cc1ccccc1)C(=O)O. The average Bonchev–Trinajstić information content (AvgIpc) is 3.30. The van der Waals surface area contributed by atoms with Gasteiger partial charge in [-0.3, -0.25) is 14.4 Å². The number of benzene rings is 2. The number of carbonyl (C=O) groups excluding carboxylic acids is 2. The van der Waals surface area contributed by atoms with Crippen LogP contribution in [0.2, 0.25) is 0 Å². The molecule has 47 heavy (non-hydrogen) atoms. The van der Waals surface area contributed by atoms with Crippen molar-refractivity contribution >= 4 is 23.5 Å². The fraction of sp³-hybridized carbons (Fsp3) is 0.389. The molecule has 3 aromatic rings. The number of carboxylic acids is 1. The highest BCUT2D eigenvalue weighted by molar-refractivity contribution is 5.89. The van der Waals surface area contributed by atoms with Gasteiger partial charge in [-0.2, -0.15) is 0 Å². The Labute approximate surface area is 274 Å². The van der Waals surface area contributed by atoms with Crippen LogP contribution in [0.3, 0.4) is 0 Å². The van der Waals surface area contributed by atoms with Crippen molar-refractivity contribution in [3.05, 3.63) is 81.5 Å². The second-order valence-corrected chi connectivity index (χ2v) is 11.7. The third-order valence-electron chi connectivity index (χ3n) is 8.62. The Hall–Kier alpha value is -5.06. The van der Waals surface area contributed by atoms with Gasteiger partial charge in [-0.05, 0) is 59.2 Å². The van der Waals surface area contributed by atoms with Crippen LogP contribution in [0.1, 0.15) is 56.3 Å². The summed E-state index contributed by atoms with van der Waals surface area (Å²) in [6.45, 7) is 5.20. The van der Waals surface area contributed by atoms with Crippen LogP contribution in [0.5, 0.6) is 17.2 Å². The van der Waals surface area contributed by atoms with Crippen LogP contribution in [-0.2, 0) is 27.2 Å². The predicted molar refractivity (Wildman–Crippen MR) is 179 cm³/mol. The quantitative estimate of drug-likeness (QED) is 0.211. The first-order valence-corrected chi connectivity index (χ1v) is 15.6. The smallest absolute Gasteiger partial charge is 0.326 e. The molecule has 11 heteroatoms. The van der Waals surface area contributed by atoms with E-state index in [2.05, 4.69) is 16.0 Å². The lowest BCUT2D eigenvalue weighted by Gasteiger charge is -2.26. The van der Waals surface area contributed by atoms with Crippen LogP contribution in [-0.4, -0.2) is 56.3 Å². The number of fused-ring (bicyclic) bond motifs is 3. The molecule has 0 saturated carbocycles. The topological polar surface area (TPSA) is 152 Å². The minimum atomic E-state index is -1.16. The van der Waals surface area contributed by atoms with E-state index in [1.165, 1.54) is 27.2 Å². The highest BCUT2D eigenvalue weighted by Crippen LogP contribution is 2.50. The first-order valence-electron chi connectivity index (χ1n) is 15.6. The lowest BCUT2D eigenvalue weighted by molar-refractivity contribution is -0.142. The lowest BCUT2D eigenvalue weighted by atomic mass is 9.95. The number of hydrogen-bond acceptors (Lipinski definition) is 8. The molecule has 4 rings (SSSR count). The van der Waals surface area contributed by atoms with Crippen LogP contribution in [0.25, 0.3) is 11.1 Å². The first-order chi connectivity index (χ1) is 22.5. The molecule has 0 fully saturated rings. The summed E-state index contributed by atoms with van der Waals surface area (Å²) < 4.78 is 17.1. The van der Waals surface area contributed by atoms with Gasteiger partial charge in [0.15, 0.2) is 11.5 Å². The van der Waals surface area contributed by atoms with E-state index in [0.717, 1.165) is 11.1 Å². The summed E-state index contributed by atoms with van der Waals surface area (Å²) in [6.07, 6.45) is 1.75. The van der Waals surface area contributed by atoms with E-state index in [4.69, 9.17) is 14.2 Å². The number of rotatable bonds is 13. The fourth-order valence-electron chi connectivity index (χ4n) is 6.01. The number of anilines is 1. The molecule has 0 spiro atoms. The third-order valence-corrected chi connectivity index (χ3v) is 8.62. The molecule has 3 aromatic carbocycles. The van der Waals surface area contributed by atoms with E-state index in [-0.39, 0.29) is 23.9 Å². The first kappa shape index (κ1) is 34.8. The van der Waals surface area contributed by atoms with E-state index in [0.29, 0.717) is 53.2 Å². The van der Waals surface area contributed by atoms with Gasteiger partial charge in [-0.1, -0.05) is 56.7 Å². The summed E-state index contributed by atoms with van der Waals surface area (Å²) >= 11 is 0. The summed E-state index contributed by atoms with van der Waals surface area (Å²) in [5.74, 6) is -0.888. The number of aryl methyl sites for hydroxylation is 1. The largest absolute Gasteiger partial charge is 0.493 e. The molecule has 0 unspecified atom stereocenters. The second-order valence-electron chi connectivity index (χ2n) is 11.7. The van der Waals surface area contributed by atoms with Crippen molar-refractivity contribution in [2.45, 2.75) is 64.6 Å². The Kier molecular flexibility index (Phi) is 11.5. The molecule has 4 atom stereocenters. The van der Waals surface area contributed by atoms with Crippen LogP contribution in [0.4, 0.5) is 5.69 Å². The minimum Gasteiger partial charge on any atom is -0.493 e. The number of carboxylic acid groups (broad SMARTS) is 1. The van der Waals surface area contributed by atoms with Crippen LogP contribution < -0.4 is 35.6 Å². The summed E-state index contributed by atoms with van der Waals surface area (Å²) in [5.41, 5.74) is 3.34. The number of hydrogen-bond donors (Lipinski definition) is 4. The van der Waals surface area contributed by atoms with Gasteiger partial charge in [0.25, 0.3) is 0 Å². The van der Waals surface area contributed by atoms with Crippen LogP contribution >= 0.6 is 0 Å². The van der Waals surface area contributed by atoms with Gasteiger partial charge in [-0.15, -0.1) is 0 Å². The van der Waals surface area contributed by atoms with Crippen molar-refractivity contribution in [1.29, 1.82) is 0 Å². The fourth-order valence-corrected chi connectivity index (χ4v) is 6.01. The van der Waals surface area contributed by atoms with Crippen molar-refractivity contribution in [1.82, 2.24) is 10.6 Å². The predicted octanol–water partition coefficient (Wildman–Crippen LogP) is 4.50. The summed E-state index contributed by atoms with van der Waals surface area (Å²) in [6, 6.07) is 13.2. The third kappa shape index (κ3) is 7.85. The molecular weight excluding hydrogens is 602 g/mol. The Morgan fingerprint density at radius 1 is 0.979 bits per heavy atom. The number of carbonyl (C=O) groups is 3. The molecule has 1 aliphatic rings. The highest BCUT2D eigenvalue weighted by Gasteiger charge is 2.32. The number of aliphatic carboxylic acids is 1. The van der Waals surface area contributed by atoms with Crippen molar-refractivity contribution < 1.29 is 33.7 Å². The zero-order valence-corrected chi connectivity index (χ0v) is 27.6. The highest BCUT2D eigenvalue weighted by atomic mass is 16.5. The average molecular weight is 646 g/mol. The maximum atomic E-state index is 13.9. The molecule has 0 radical (unpaired) electrons. The Morgan fingerprint density at radius 3 is 2.28 bits per heavy atom. The maximum Gasteiger partial charge on any atom is 0.326 e. The Morgan fingerprint density at radius 2 is 1.68 bits per heavy atom. The zero-order chi connectivity index (χ0) is 34.2. The van der Waals surface area contributed by atoms with E-state index < -0.39 is 35.4 Å². The van der Waals surface area contributed by atoms with Gasteiger partial charge in [0.1, 0.15) is 12.1 Å². The Balaban J connectivity index is 1.80. The Bertz CT molecular complexity index is 1680. The van der Waals surface area contributed by atoms with Gasteiger partial charge in [-0.25, -0.2) is 4.79 Å².